The summed E-state index contributed by atoms with van der Waals surface area (Å²) in [5, 5.41) is 24.6. The molecule has 5 aromatic rings. The number of nitriles is 1. The number of hydrogen-bond acceptors (Lipinski definition) is 18. The van der Waals surface area contributed by atoms with E-state index in [0.717, 1.165) is 17.2 Å². The first-order chi connectivity index (χ1) is 29.7. The van der Waals surface area contributed by atoms with Gasteiger partial charge in [-0.05, 0) is 23.9 Å². The zero-order valence-corrected chi connectivity index (χ0v) is 34.9. The highest BCUT2D eigenvalue weighted by atomic mass is 32.5. The van der Waals surface area contributed by atoms with Crippen molar-refractivity contribution in [2.75, 3.05) is 30.5 Å². The molecule has 23 nitrogen and oxygen atoms in total. The number of fused-ring (bicyclic) bond motifs is 2. The summed E-state index contributed by atoms with van der Waals surface area (Å²) in [5.41, 5.74) is -0.789. The first-order valence-corrected chi connectivity index (χ1v) is 22.2. The third kappa shape index (κ3) is 9.43. The van der Waals surface area contributed by atoms with Gasteiger partial charge in [0, 0.05) is 16.0 Å². The number of nitrogens with zero attached hydrogens (tertiary/aromatic N) is 8. The van der Waals surface area contributed by atoms with Gasteiger partial charge in [-0.2, -0.15) is 10.2 Å². The molecule has 62 heavy (non-hydrogen) atoms. The lowest BCUT2D eigenvalue weighted by atomic mass is 10.1. The normalized spacial score (nSPS) is 24.9. The minimum atomic E-state index is -4.23. The average molecular weight is 923 g/mol. The molecule has 2 fully saturated rings. The third-order valence-corrected chi connectivity index (χ3v) is 12.2. The number of benzene rings is 1. The SMILES string of the molecule is CC(C)C(=O)Nc1nc2c(ncn2[C@@H]2O[C@H](COP(=S)(OCCC#N)O[C@H]3[C@H](F)[C@H](n4cnc5c(NC(=O)c6ccccc6)ncnc54)O[C@@H]3CO)[C@@H](F)[C@H]2O[P+](=O)O)c(=O)[nH]1. The van der Waals surface area contributed by atoms with Crippen LogP contribution in [0.1, 0.15) is 43.1 Å². The van der Waals surface area contributed by atoms with Crippen LogP contribution in [0.4, 0.5) is 20.5 Å². The Morgan fingerprint density at radius 1 is 1.02 bits per heavy atom. The van der Waals surface area contributed by atoms with Crippen molar-refractivity contribution in [3.05, 3.63) is 65.2 Å². The van der Waals surface area contributed by atoms with Gasteiger partial charge in [-0.25, -0.2) is 28.7 Å². The molecule has 4 aromatic heterocycles. The first-order valence-electron chi connectivity index (χ1n) is 18.5. The van der Waals surface area contributed by atoms with Gasteiger partial charge in [-0.15, -0.1) is 9.42 Å². The van der Waals surface area contributed by atoms with Crippen LogP contribution in [0.25, 0.3) is 22.3 Å². The molecule has 0 bridgehead atoms. The second kappa shape index (κ2) is 19.1. The maximum Gasteiger partial charge on any atom is 0.695 e. The van der Waals surface area contributed by atoms with Crippen LogP contribution in [-0.2, 0) is 48.7 Å². The van der Waals surface area contributed by atoms with Gasteiger partial charge in [0.1, 0.15) is 24.6 Å². The number of alkyl halides is 2. The molecule has 7 rings (SSSR count). The number of imidazole rings is 2. The van der Waals surface area contributed by atoms with E-state index >= 15 is 8.78 Å². The number of H-pyrrole nitrogens is 1. The zero-order chi connectivity index (χ0) is 44.3. The van der Waals surface area contributed by atoms with Gasteiger partial charge < -0.3 is 28.9 Å². The molecule has 0 radical (unpaired) electrons. The molecule has 1 aromatic carbocycles. The van der Waals surface area contributed by atoms with E-state index in [1.165, 1.54) is 10.9 Å². The summed E-state index contributed by atoms with van der Waals surface area (Å²) in [6.07, 6.45) is -11.0. The highest BCUT2D eigenvalue weighted by Gasteiger charge is 2.54. The Labute approximate surface area is 353 Å². The molecule has 0 spiro atoms. The standard InChI is InChI=1S/C34H35F2N11O12P2S/c1-16(2)29(49)44-34-43-28-23(31(51)45-34)41-15-47(28)33-25(58-60(52)53)20(35)19(57-33)12-55-61(62,54-10-6-9-37)59-24-18(11-48)56-32(21(24)36)46-14-40-22-26(38-13-39-27(22)46)42-30(50)17-7-4-3-5-8-17/h3-5,7-8,13-16,18-21,24-25,32-33,48H,6,10-12H2,1-2H3,(H3-,38,39,42,43,44,45,49,50,51,52,53)/p+1/t18-,19-,20-,21+,24-,25-,32-,33-,61?/m1/s1. The van der Waals surface area contributed by atoms with E-state index in [1.54, 1.807) is 44.2 Å². The largest absolute Gasteiger partial charge is 0.695 e. The fourth-order valence-electron chi connectivity index (χ4n) is 6.41. The molecule has 10 atom stereocenters. The van der Waals surface area contributed by atoms with Gasteiger partial charge >= 0.3 is 15.0 Å². The number of aromatic amines is 1. The minimum Gasteiger partial charge on any atom is -0.394 e. The number of rotatable bonds is 17. The predicted octanol–water partition coefficient (Wildman–Crippen LogP) is 2.86. The number of anilines is 2. The van der Waals surface area contributed by atoms with E-state index in [4.69, 9.17) is 39.4 Å². The van der Waals surface area contributed by atoms with Crippen molar-refractivity contribution in [3.8, 4) is 6.07 Å². The lowest BCUT2D eigenvalue weighted by molar-refractivity contribution is -0.118. The Balaban J connectivity index is 1.11. The average Bonchev–Trinajstić information content (AvgIpc) is 4.02. The van der Waals surface area contributed by atoms with Crippen LogP contribution < -0.4 is 16.2 Å². The molecular weight excluding hydrogens is 886 g/mol. The van der Waals surface area contributed by atoms with Crippen molar-refractivity contribution in [2.45, 2.75) is 69.5 Å². The number of aliphatic hydroxyl groups is 1. The smallest absolute Gasteiger partial charge is 0.394 e. The van der Waals surface area contributed by atoms with Crippen molar-refractivity contribution in [2.24, 2.45) is 5.92 Å². The van der Waals surface area contributed by atoms with Crippen LogP contribution >= 0.6 is 15.0 Å². The maximum atomic E-state index is 16.6. The molecular formula is C34H36F2N11O12P2S+. The summed E-state index contributed by atoms with van der Waals surface area (Å²) >= 11 is 5.60. The number of carbonyl (C=O) groups is 2. The number of carbonyl (C=O) groups excluding carboxylic acids is 2. The predicted molar refractivity (Wildman–Crippen MR) is 212 cm³/mol. The summed E-state index contributed by atoms with van der Waals surface area (Å²) in [6, 6.07) is 10.1. The Hall–Kier alpha value is -5.16. The van der Waals surface area contributed by atoms with Gasteiger partial charge in [0.05, 0.1) is 45.0 Å². The topological polar surface area (TPSA) is 302 Å². The van der Waals surface area contributed by atoms with E-state index in [0.29, 0.717) is 5.56 Å². The van der Waals surface area contributed by atoms with Crippen molar-refractivity contribution >= 4 is 72.7 Å². The Morgan fingerprint density at radius 2 is 1.73 bits per heavy atom. The van der Waals surface area contributed by atoms with Crippen molar-refractivity contribution < 1.29 is 60.5 Å². The van der Waals surface area contributed by atoms with Crippen LogP contribution in [0.2, 0.25) is 0 Å². The molecule has 28 heteroatoms. The molecule has 2 unspecified atom stereocenters. The van der Waals surface area contributed by atoms with E-state index in [9.17, 15) is 34.2 Å². The first kappa shape index (κ1) is 44.9. The summed E-state index contributed by atoms with van der Waals surface area (Å²) in [6.45, 7) is -3.01. The molecule has 2 aliphatic rings. The van der Waals surface area contributed by atoms with Crippen LogP contribution in [0.3, 0.4) is 0 Å². The molecule has 2 saturated heterocycles. The molecule has 0 saturated carbocycles. The summed E-state index contributed by atoms with van der Waals surface area (Å²) in [5.74, 6) is -1.72. The number of amides is 2. The van der Waals surface area contributed by atoms with Gasteiger partial charge in [0.2, 0.25) is 11.9 Å². The zero-order valence-electron chi connectivity index (χ0n) is 32.3. The van der Waals surface area contributed by atoms with Gasteiger partial charge in [-0.1, -0.05) is 32.0 Å². The Morgan fingerprint density at radius 3 is 2.42 bits per heavy atom. The molecule has 5 N–H and O–H groups in total. The summed E-state index contributed by atoms with van der Waals surface area (Å²) in [4.78, 5) is 70.8. The Kier molecular flexibility index (Phi) is 13.8. The lowest BCUT2D eigenvalue weighted by Gasteiger charge is -2.28. The fraction of sp³-hybridized carbons (Fsp3) is 0.441. The van der Waals surface area contributed by atoms with Gasteiger partial charge in [-0.3, -0.25) is 38.3 Å². The van der Waals surface area contributed by atoms with Crippen molar-refractivity contribution in [1.29, 1.82) is 5.26 Å². The number of ether oxygens (including phenoxy) is 2. The molecule has 2 amide bonds. The lowest BCUT2D eigenvalue weighted by Crippen LogP contribution is -2.34. The monoisotopic (exact) mass is 922 g/mol. The molecule has 328 valence electrons. The van der Waals surface area contributed by atoms with E-state index in [2.05, 4.69) is 40.5 Å². The highest BCUT2D eigenvalue weighted by Crippen LogP contribution is 2.55. The molecule has 2 aliphatic heterocycles. The Bertz CT molecular complexity index is 2620. The number of halogens is 2. The highest BCUT2D eigenvalue weighted by molar-refractivity contribution is 8.07. The fourth-order valence-corrected chi connectivity index (χ4v) is 8.93. The minimum absolute atomic E-state index is 0.0179. The van der Waals surface area contributed by atoms with E-state index in [-0.39, 0.29) is 47.1 Å². The second-order valence-corrected chi connectivity index (χ2v) is 17.5. The van der Waals surface area contributed by atoms with E-state index in [1.807, 2.05) is 6.07 Å². The third-order valence-electron chi connectivity index (χ3n) is 9.41. The van der Waals surface area contributed by atoms with Crippen molar-refractivity contribution in [3.63, 3.8) is 0 Å². The second-order valence-electron chi connectivity index (χ2n) is 13.8. The van der Waals surface area contributed by atoms with Gasteiger partial charge in [0.15, 0.2) is 59.0 Å². The number of aliphatic hydroxyl groups excluding tert-OH is 1. The van der Waals surface area contributed by atoms with Crippen LogP contribution in [0.15, 0.2) is 54.1 Å². The molecule has 0 aliphatic carbocycles. The van der Waals surface area contributed by atoms with Crippen LogP contribution in [-0.4, -0.2) is 117 Å². The molecule has 6 heterocycles. The van der Waals surface area contributed by atoms with Crippen LogP contribution in [0.5, 0.6) is 0 Å². The summed E-state index contributed by atoms with van der Waals surface area (Å²) < 4.78 is 81.1. The van der Waals surface area contributed by atoms with E-state index < -0.39 is 101 Å². The quantitative estimate of drug-likeness (QED) is 0.0661. The summed E-state index contributed by atoms with van der Waals surface area (Å²) in [7, 11) is -3.44. The number of nitrogens with one attached hydrogen (secondary N) is 3. The van der Waals surface area contributed by atoms with Gasteiger partial charge in [0.25, 0.3) is 11.5 Å². The van der Waals surface area contributed by atoms with Crippen LogP contribution in [0, 0.1) is 17.2 Å². The number of hydrogen-bond donors (Lipinski definition) is 5. The van der Waals surface area contributed by atoms with Crippen molar-refractivity contribution in [1.82, 2.24) is 39.0 Å². The maximum absolute atomic E-state index is 16.6. The number of aromatic nitrogens is 8.